The van der Waals surface area contributed by atoms with Gasteiger partial charge in [0.15, 0.2) is 0 Å². The Labute approximate surface area is 123 Å². The number of sulfonamides is 1. The Balaban J connectivity index is 2.75. The SMILES string of the molecule is CCNc1ncc(S(=O)(=O)NCCCSC)cc1Cl. The van der Waals surface area contributed by atoms with Crippen LogP contribution in [0.5, 0.6) is 0 Å². The molecule has 0 radical (unpaired) electrons. The van der Waals surface area contributed by atoms with Gasteiger partial charge in [0.1, 0.15) is 10.7 Å². The lowest BCUT2D eigenvalue weighted by Gasteiger charge is -2.09. The molecule has 108 valence electrons. The highest BCUT2D eigenvalue weighted by Crippen LogP contribution is 2.22. The summed E-state index contributed by atoms with van der Waals surface area (Å²) in [7, 11) is -3.53. The minimum Gasteiger partial charge on any atom is -0.369 e. The van der Waals surface area contributed by atoms with Gasteiger partial charge >= 0.3 is 0 Å². The predicted octanol–water partition coefficient (Wildman–Crippen LogP) is 2.20. The average molecular weight is 324 g/mol. The second-order valence-electron chi connectivity index (χ2n) is 3.78. The summed E-state index contributed by atoms with van der Waals surface area (Å²) in [5.41, 5.74) is 0. The lowest BCUT2D eigenvalue weighted by atomic mass is 10.4. The molecule has 0 aromatic carbocycles. The molecule has 0 aliphatic rings. The number of rotatable bonds is 8. The molecule has 19 heavy (non-hydrogen) atoms. The Bertz CT molecular complexity index is 509. The van der Waals surface area contributed by atoms with Crippen molar-refractivity contribution in [1.82, 2.24) is 9.71 Å². The second kappa shape index (κ2) is 7.94. The van der Waals surface area contributed by atoms with E-state index in [1.807, 2.05) is 13.2 Å². The van der Waals surface area contributed by atoms with Crippen molar-refractivity contribution >= 4 is 39.2 Å². The van der Waals surface area contributed by atoms with Crippen molar-refractivity contribution < 1.29 is 8.42 Å². The van der Waals surface area contributed by atoms with E-state index in [9.17, 15) is 8.42 Å². The molecule has 0 saturated heterocycles. The molecule has 2 N–H and O–H groups in total. The molecule has 1 aromatic heterocycles. The maximum absolute atomic E-state index is 12.0. The highest BCUT2D eigenvalue weighted by Gasteiger charge is 2.15. The molecular formula is C11H18ClN3O2S2. The predicted molar refractivity (Wildman–Crippen MR) is 81.6 cm³/mol. The lowest BCUT2D eigenvalue weighted by molar-refractivity contribution is 0.580. The zero-order chi connectivity index (χ0) is 14.3. The number of anilines is 1. The van der Waals surface area contributed by atoms with Gasteiger partial charge in [0, 0.05) is 19.3 Å². The summed E-state index contributed by atoms with van der Waals surface area (Å²) in [4.78, 5) is 4.10. The van der Waals surface area contributed by atoms with Crippen LogP contribution in [0, 0.1) is 0 Å². The minimum atomic E-state index is -3.53. The summed E-state index contributed by atoms with van der Waals surface area (Å²) in [6.45, 7) is 3.00. The first-order chi connectivity index (χ1) is 9.01. The van der Waals surface area contributed by atoms with Crippen molar-refractivity contribution in [2.75, 3.05) is 30.4 Å². The lowest BCUT2D eigenvalue weighted by Crippen LogP contribution is -2.25. The molecule has 1 rings (SSSR count). The van der Waals surface area contributed by atoms with E-state index in [0.717, 1.165) is 12.2 Å². The van der Waals surface area contributed by atoms with Crippen LogP contribution in [0.1, 0.15) is 13.3 Å². The fourth-order valence-corrected chi connectivity index (χ4v) is 3.15. The Hall–Kier alpha value is -0.500. The van der Waals surface area contributed by atoms with Gasteiger partial charge < -0.3 is 5.32 Å². The fraction of sp³-hybridized carbons (Fsp3) is 0.545. The van der Waals surface area contributed by atoms with Gasteiger partial charge in [-0.1, -0.05) is 11.6 Å². The first kappa shape index (κ1) is 16.6. The van der Waals surface area contributed by atoms with Gasteiger partial charge in [-0.3, -0.25) is 0 Å². The third kappa shape index (κ3) is 5.18. The monoisotopic (exact) mass is 323 g/mol. The van der Waals surface area contributed by atoms with Crippen molar-refractivity contribution in [3.8, 4) is 0 Å². The van der Waals surface area contributed by atoms with Gasteiger partial charge in [-0.2, -0.15) is 11.8 Å². The van der Waals surface area contributed by atoms with Crippen molar-refractivity contribution in [2.24, 2.45) is 0 Å². The van der Waals surface area contributed by atoms with E-state index >= 15 is 0 Å². The molecular weight excluding hydrogens is 306 g/mol. The number of aromatic nitrogens is 1. The van der Waals surface area contributed by atoms with Gasteiger partial charge in [0.25, 0.3) is 0 Å². The number of halogens is 1. The van der Waals surface area contributed by atoms with Gasteiger partial charge in [0.2, 0.25) is 10.0 Å². The Morgan fingerprint density at radius 2 is 2.21 bits per heavy atom. The van der Waals surface area contributed by atoms with Gasteiger partial charge in [0.05, 0.1) is 5.02 Å². The zero-order valence-electron chi connectivity index (χ0n) is 10.9. The normalized spacial score (nSPS) is 11.5. The van der Waals surface area contributed by atoms with Crippen LogP contribution in [0.4, 0.5) is 5.82 Å². The highest BCUT2D eigenvalue weighted by atomic mass is 35.5. The first-order valence-corrected chi connectivity index (χ1v) is 9.14. The van der Waals surface area contributed by atoms with Crippen LogP contribution in [-0.2, 0) is 10.0 Å². The van der Waals surface area contributed by atoms with E-state index < -0.39 is 10.0 Å². The number of hydrogen-bond acceptors (Lipinski definition) is 5. The van der Waals surface area contributed by atoms with Crippen molar-refractivity contribution in [2.45, 2.75) is 18.2 Å². The van der Waals surface area contributed by atoms with Crippen LogP contribution in [0.2, 0.25) is 5.02 Å². The van der Waals surface area contributed by atoms with E-state index in [1.165, 1.54) is 12.3 Å². The molecule has 0 bridgehead atoms. The fourth-order valence-electron chi connectivity index (χ4n) is 1.37. The number of nitrogens with one attached hydrogen (secondary N) is 2. The third-order valence-corrected chi connectivity index (χ3v) is 4.70. The van der Waals surface area contributed by atoms with Crippen LogP contribution >= 0.6 is 23.4 Å². The second-order valence-corrected chi connectivity index (χ2v) is 6.94. The van der Waals surface area contributed by atoms with E-state index in [0.29, 0.717) is 23.9 Å². The summed E-state index contributed by atoms with van der Waals surface area (Å²) in [6.07, 6.45) is 4.08. The van der Waals surface area contributed by atoms with E-state index in [-0.39, 0.29) is 4.90 Å². The number of nitrogens with zero attached hydrogens (tertiary/aromatic N) is 1. The number of hydrogen-bond donors (Lipinski definition) is 2. The summed E-state index contributed by atoms with van der Waals surface area (Å²) in [6, 6.07) is 1.41. The standard InChI is InChI=1S/C11H18ClN3O2S2/c1-3-13-11-10(12)7-9(8-14-11)19(16,17)15-5-4-6-18-2/h7-8,15H,3-6H2,1-2H3,(H,13,14). The molecule has 0 aliphatic heterocycles. The van der Waals surface area contributed by atoms with E-state index in [1.54, 1.807) is 11.8 Å². The van der Waals surface area contributed by atoms with Crippen LogP contribution in [0.25, 0.3) is 0 Å². The molecule has 0 saturated carbocycles. The van der Waals surface area contributed by atoms with Crippen molar-refractivity contribution in [3.63, 3.8) is 0 Å². The molecule has 0 amide bonds. The van der Waals surface area contributed by atoms with Crippen molar-refractivity contribution in [3.05, 3.63) is 17.3 Å². The van der Waals surface area contributed by atoms with E-state index in [2.05, 4.69) is 15.0 Å². The molecule has 0 aliphatic carbocycles. The molecule has 0 spiro atoms. The molecule has 0 unspecified atom stereocenters. The molecule has 1 heterocycles. The maximum atomic E-state index is 12.0. The van der Waals surface area contributed by atoms with Crippen LogP contribution in [0.3, 0.4) is 0 Å². The maximum Gasteiger partial charge on any atom is 0.242 e. The summed E-state index contributed by atoms with van der Waals surface area (Å²) in [5, 5.41) is 3.25. The third-order valence-electron chi connectivity index (χ3n) is 2.29. The Kier molecular flexibility index (Phi) is 6.92. The Morgan fingerprint density at radius 1 is 1.47 bits per heavy atom. The van der Waals surface area contributed by atoms with Crippen molar-refractivity contribution in [1.29, 1.82) is 0 Å². The van der Waals surface area contributed by atoms with Crippen LogP contribution in [-0.4, -0.2) is 38.5 Å². The average Bonchev–Trinajstić information content (AvgIpc) is 2.37. The molecule has 8 heteroatoms. The van der Waals surface area contributed by atoms with E-state index in [4.69, 9.17) is 11.6 Å². The summed E-state index contributed by atoms with van der Waals surface area (Å²) >= 11 is 7.66. The van der Waals surface area contributed by atoms with Gasteiger partial charge in [-0.15, -0.1) is 0 Å². The first-order valence-electron chi connectivity index (χ1n) is 5.89. The number of pyridine rings is 1. The zero-order valence-corrected chi connectivity index (χ0v) is 13.3. The molecule has 5 nitrogen and oxygen atoms in total. The molecule has 0 fully saturated rings. The molecule has 0 atom stereocenters. The smallest absolute Gasteiger partial charge is 0.242 e. The topological polar surface area (TPSA) is 71.1 Å². The number of thioether (sulfide) groups is 1. The van der Waals surface area contributed by atoms with Gasteiger partial charge in [-0.05, 0) is 31.4 Å². The quantitative estimate of drug-likeness (QED) is 0.718. The minimum absolute atomic E-state index is 0.0864. The van der Waals surface area contributed by atoms with Crippen LogP contribution in [0.15, 0.2) is 17.2 Å². The summed E-state index contributed by atoms with van der Waals surface area (Å²) < 4.78 is 26.5. The highest BCUT2D eigenvalue weighted by molar-refractivity contribution is 7.98. The largest absolute Gasteiger partial charge is 0.369 e. The van der Waals surface area contributed by atoms with Gasteiger partial charge in [-0.25, -0.2) is 18.1 Å². The summed E-state index contributed by atoms with van der Waals surface area (Å²) in [5.74, 6) is 1.41. The Morgan fingerprint density at radius 3 is 2.79 bits per heavy atom. The molecule has 1 aromatic rings. The van der Waals surface area contributed by atoms with Crippen LogP contribution < -0.4 is 10.0 Å².